The first kappa shape index (κ1) is 13.5. The van der Waals surface area contributed by atoms with Gasteiger partial charge < -0.3 is 15.4 Å². The molecule has 0 atom stereocenters. The molecule has 0 saturated heterocycles. The number of carbonyl (C=O) groups is 1. The van der Waals surface area contributed by atoms with Gasteiger partial charge in [0.25, 0.3) is 0 Å². The second-order valence-electron chi connectivity index (χ2n) is 4.81. The van der Waals surface area contributed by atoms with Gasteiger partial charge >= 0.3 is 0 Å². The molecule has 102 valence electrons. The topological polar surface area (TPSA) is 55.6 Å². The average Bonchev–Trinajstić information content (AvgIpc) is 2.39. The number of benzene rings is 1. The van der Waals surface area contributed by atoms with Gasteiger partial charge in [0.05, 0.1) is 13.0 Å². The predicted octanol–water partition coefficient (Wildman–Crippen LogP) is 2.22. The molecule has 2 N–H and O–H groups in total. The van der Waals surface area contributed by atoms with Gasteiger partial charge in [-0.1, -0.05) is 17.7 Å². The van der Waals surface area contributed by atoms with Crippen molar-refractivity contribution in [1.82, 2.24) is 4.90 Å². The zero-order valence-corrected chi connectivity index (χ0v) is 11.3. The molecule has 0 saturated carbocycles. The van der Waals surface area contributed by atoms with Gasteiger partial charge in [0.15, 0.2) is 0 Å². The Balaban J connectivity index is 1.75. The van der Waals surface area contributed by atoms with E-state index in [1.165, 1.54) is 5.57 Å². The van der Waals surface area contributed by atoms with Gasteiger partial charge in [-0.05, 0) is 25.5 Å². The fraction of sp³-hybridized carbons (Fsp3) is 0.400. The molecular formula is C15H20N2O2. The van der Waals surface area contributed by atoms with E-state index in [0.717, 1.165) is 19.5 Å². The fourth-order valence-corrected chi connectivity index (χ4v) is 2.02. The normalized spacial score (nSPS) is 15.0. The molecule has 4 nitrogen and oxygen atoms in total. The Morgan fingerprint density at radius 2 is 2.32 bits per heavy atom. The number of nitrogens with zero attached hydrogens (tertiary/aromatic N) is 1. The van der Waals surface area contributed by atoms with E-state index < -0.39 is 0 Å². The molecule has 0 radical (unpaired) electrons. The molecule has 1 aromatic carbocycles. The minimum absolute atomic E-state index is 0.146. The number of carbonyl (C=O) groups excluding carboxylic acids is 1. The first-order valence-electron chi connectivity index (χ1n) is 6.57. The monoisotopic (exact) mass is 260 g/mol. The molecule has 1 aliphatic heterocycles. The van der Waals surface area contributed by atoms with Crippen molar-refractivity contribution in [3.05, 3.63) is 35.9 Å². The Kier molecular flexibility index (Phi) is 4.44. The Bertz CT molecular complexity index is 483. The number of anilines is 1. The lowest BCUT2D eigenvalue weighted by Gasteiger charge is -2.25. The van der Waals surface area contributed by atoms with Crippen LogP contribution in [0.1, 0.15) is 19.8 Å². The predicted molar refractivity (Wildman–Crippen MR) is 75.9 cm³/mol. The third kappa shape index (κ3) is 4.02. The summed E-state index contributed by atoms with van der Waals surface area (Å²) in [6.07, 6.45) is 3.49. The quantitative estimate of drug-likeness (QED) is 0.667. The van der Waals surface area contributed by atoms with Crippen molar-refractivity contribution in [3.8, 4) is 5.75 Å². The molecule has 2 rings (SSSR count). The average molecular weight is 260 g/mol. The van der Waals surface area contributed by atoms with Crippen LogP contribution in [0.25, 0.3) is 0 Å². The molecule has 1 aromatic rings. The molecule has 19 heavy (non-hydrogen) atoms. The maximum Gasteiger partial charge on any atom is 0.226 e. The van der Waals surface area contributed by atoms with Crippen molar-refractivity contribution >= 4 is 11.6 Å². The third-order valence-electron chi connectivity index (χ3n) is 3.23. The van der Waals surface area contributed by atoms with Gasteiger partial charge in [0, 0.05) is 24.8 Å². The van der Waals surface area contributed by atoms with Crippen LogP contribution in [-0.2, 0) is 4.79 Å². The maximum atomic E-state index is 12.0. The molecule has 4 heteroatoms. The maximum absolute atomic E-state index is 12.0. The number of ether oxygens (including phenoxy) is 1. The van der Waals surface area contributed by atoms with Gasteiger partial charge in [0.2, 0.25) is 5.91 Å². The highest BCUT2D eigenvalue weighted by molar-refractivity contribution is 5.76. The van der Waals surface area contributed by atoms with Crippen LogP contribution in [0.15, 0.2) is 35.9 Å². The van der Waals surface area contributed by atoms with Gasteiger partial charge in [-0.25, -0.2) is 0 Å². The lowest BCUT2D eigenvalue weighted by Crippen LogP contribution is -2.35. The van der Waals surface area contributed by atoms with Crippen molar-refractivity contribution in [2.75, 3.05) is 25.4 Å². The largest absolute Gasteiger partial charge is 0.493 e. The van der Waals surface area contributed by atoms with E-state index in [9.17, 15) is 4.79 Å². The highest BCUT2D eigenvalue weighted by Gasteiger charge is 2.15. The molecule has 1 aliphatic rings. The van der Waals surface area contributed by atoms with E-state index in [0.29, 0.717) is 24.5 Å². The summed E-state index contributed by atoms with van der Waals surface area (Å²) in [5.41, 5.74) is 7.69. The van der Waals surface area contributed by atoms with Crippen molar-refractivity contribution in [1.29, 1.82) is 0 Å². The number of nitrogen functional groups attached to an aromatic ring is 1. The highest BCUT2D eigenvalue weighted by Crippen LogP contribution is 2.15. The second-order valence-corrected chi connectivity index (χ2v) is 4.81. The number of nitrogens with two attached hydrogens (primary N) is 1. The molecular weight excluding hydrogens is 240 g/mol. The number of hydrogen-bond acceptors (Lipinski definition) is 3. The first-order valence-corrected chi connectivity index (χ1v) is 6.57. The van der Waals surface area contributed by atoms with Crippen LogP contribution >= 0.6 is 0 Å². The Morgan fingerprint density at radius 1 is 1.47 bits per heavy atom. The Hall–Kier alpha value is -1.97. The number of hydrogen-bond donors (Lipinski definition) is 1. The Labute approximate surface area is 113 Å². The summed E-state index contributed by atoms with van der Waals surface area (Å²) in [4.78, 5) is 13.8. The fourth-order valence-electron chi connectivity index (χ4n) is 2.02. The lowest BCUT2D eigenvalue weighted by atomic mass is 10.1. The van der Waals surface area contributed by atoms with Crippen molar-refractivity contribution in [2.45, 2.75) is 19.8 Å². The van der Waals surface area contributed by atoms with Crippen molar-refractivity contribution in [3.63, 3.8) is 0 Å². The summed E-state index contributed by atoms with van der Waals surface area (Å²) < 4.78 is 5.53. The lowest BCUT2D eigenvalue weighted by molar-refractivity contribution is -0.131. The highest BCUT2D eigenvalue weighted by atomic mass is 16.5. The molecule has 0 aliphatic carbocycles. The SMILES string of the molecule is CC1=CCN(C(=O)CCOc2cccc(N)c2)CC1. The zero-order chi connectivity index (χ0) is 13.7. The molecule has 0 spiro atoms. The molecule has 1 heterocycles. The van der Waals surface area contributed by atoms with Crippen LogP contribution in [-0.4, -0.2) is 30.5 Å². The standard InChI is InChI=1S/C15H20N2O2/c1-12-5-8-17(9-6-12)15(18)7-10-19-14-4-2-3-13(16)11-14/h2-5,11H,6-10,16H2,1H3. The van der Waals surface area contributed by atoms with Crippen LogP contribution in [0.5, 0.6) is 5.75 Å². The van der Waals surface area contributed by atoms with Gasteiger partial charge in [-0.15, -0.1) is 0 Å². The van der Waals surface area contributed by atoms with Crippen molar-refractivity contribution < 1.29 is 9.53 Å². The first-order chi connectivity index (χ1) is 9.15. The Morgan fingerprint density at radius 3 is 3.00 bits per heavy atom. The number of rotatable bonds is 4. The molecule has 1 amide bonds. The van der Waals surface area contributed by atoms with E-state index in [4.69, 9.17) is 10.5 Å². The summed E-state index contributed by atoms with van der Waals surface area (Å²) >= 11 is 0. The van der Waals surface area contributed by atoms with Crippen LogP contribution in [0.4, 0.5) is 5.69 Å². The van der Waals surface area contributed by atoms with E-state index in [1.54, 1.807) is 12.1 Å². The smallest absolute Gasteiger partial charge is 0.226 e. The minimum Gasteiger partial charge on any atom is -0.493 e. The van der Waals surface area contributed by atoms with E-state index in [1.807, 2.05) is 17.0 Å². The van der Waals surface area contributed by atoms with E-state index in [-0.39, 0.29) is 5.91 Å². The van der Waals surface area contributed by atoms with Crippen LogP contribution in [0, 0.1) is 0 Å². The van der Waals surface area contributed by atoms with Gasteiger partial charge in [-0.2, -0.15) is 0 Å². The second kappa shape index (κ2) is 6.27. The number of amides is 1. The van der Waals surface area contributed by atoms with Crippen LogP contribution in [0.2, 0.25) is 0 Å². The zero-order valence-electron chi connectivity index (χ0n) is 11.3. The molecule has 0 unspecified atom stereocenters. The van der Waals surface area contributed by atoms with E-state index in [2.05, 4.69) is 13.0 Å². The van der Waals surface area contributed by atoms with Crippen LogP contribution < -0.4 is 10.5 Å². The molecule has 0 fully saturated rings. The third-order valence-corrected chi connectivity index (χ3v) is 3.23. The van der Waals surface area contributed by atoms with Gasteiger partial charge in [0.1, 0.15) is 5.75 Å². The summed E-state index contributed by atoms with van der Waals surface area (Å²) in [6.45, 7) is 4.04. The van der Waals surface area contributed by atoms with Crippen LogP contribution in [0.3, 0.4) is 0 Å². The summed E-state index contributed by atoms with van der Waals surface area (Å²) in [5.74, 6) is 0.856. The minimum atomic E-state index is 0.146. The summed E-state index contributed by atoms with van der Waals surface area (Å²) in [6, 6.07) is 7.25. The summed E-state index contributed by atoms with van der Waals surface area (Å²) in [7, 11) is 0. The molecule has 0 aromatic heterocycles. The van der Waals surface area contributed by atoms with Crippen molar-refractivity contribution in [2.24, 2.45) is 0 Å². The molecule has 0 bridgehead atoms. The summed E-state index contributed by atoms with van der Waals surface area (Å²) in [5, 5.41) is 0. The van der Waals surface area contributed by atoms with Gasteiger partial charge in [-0.3, -0.25) is 4.79 Å². The van der Waals surface area contributed by atoms with E-state index >= 15 is 0 Å².